The first-order valence-electron chi connectivity index (χ1n) is 10.6. The topological polar surface area (TPSA) is 121 Å². The molecule has 0 aromatic heterocycles. The quantitative estimate of drug-likeness (QED) is 0.0898. The molecule has 0 aromatic carbocycles. The Kier molecular flexibility index (Phi) is 16.2. The van der Waals surface area contributed by atoms with Crippen molar-refractivity contribution in [3.05, 3.63) is 12.2 Å². The Morgan fingerprint density at radius 1 is 1.23 bits per heavy atom. The molecule has 30 heavy (non-hydrogen) atoms. The van der Waals surface area contributed by atoms with Crippen LogP contribution >= 0.6 is 0 Å². The minimum atomic E-state index is -4.54. The molecule has 2 N–H and O–H groups in total. The smallest absolute Gasteiger partial charge is 0.748 e. The maximum Gasteiger partial charge on any atom is 1.00 e. The number of β-amino-alcohol motifs (C(OH)–C–C–N with tert-alkyl or cyclic N) is 2. The number of rotatable bonds is 16. The van der Waals surface area contributed by atoms with Gasteiger partial charge in [0.05, 0.1) is 22.5 Å². The van der Waals surface area contributed by atoms with E-state index in [-0.39, 0.29) is 48.5 Å². The molecule has 0 fully saturated rings. The van der Waals surface area contributed by atoms with Crippen LogP contribution in [0.15, 0.2) is 12.2 Å². The molecule has 0 aliphatic carbocycles. The average molecular weight is 456 g/mol. The van der Waals surface area contributed by atoms with Gasteiger partial charge in [-0.3, -0.25) is 14.3 Å². The van der Waals surface area contributed by atoms with E-state index in [4.69, 9.17) is 0 Å². The van der Waals surface area contributed by atoms with Crippen LogP contribution in [0.25, 0.3) is 0 Å². The van der Waals surface area contributed by atoms with Gasteiger partial charge in [0.2, 0.25) is 5.78 Å². The Morgan fingerprint density at radius 2 is 1.90 bits per heavy atom. The van der Waals surface area contributed by atoms with E-state index in [1.807, 2.05) is 0 Å². The zero-order valence-electron chi connectivity index (χ0n) is 18.5. The second-order valence-electron chi connectivity index (χ2n) is 7.47. The van der Waals surface area contributed by atoms with E-state index in [2.05, 4.69) is 19.1 Å². The van der Waals surface area contributed by atoms with Gasteiger partial charge >= 0.3 is 35.4 Å². The van der Waals surface area contributed by atoms with E-state index in [1.54, 1.807) is 9.48 Å². The number of carbonyl (C=O) groups is 1. The average Bonchev–Trinajstić information content (AvgIpc) is 3.01. The summed E-state index contributed by atoms with van der Waals surface area (Å²) >= 11 is 0. The number of hydrogen-bond donors (Lipinski definition) is 2. The molecule has 1 unspecified atom stereocenters. The molecule has 1 aliphatic rings. The molecule has 1 heterocycles. The number of allylic oxidation sites excluding steroid dienone is 2. The van der Waals surface area contributed by atoms with Crippen LogP contribution < -0.4 is 29.6 Å². The largest absolute Gasteiger partial charge is 1.00 e. The molecule has 1 rings (SSSR count). The summed E-state index contributed by atoms with van der Waals surface area (Å²) in [5.74, 6) is -0.539. The Labute approximate surface area is 203 Å². The minimum absolute atomic E-state index is 0. The van der Waals surface area contributed by atoms with Crippen LogP contribution in [0.4, 0.5) is 0 Å². The van der Waals surface area contributed by atoms with Crippen LogP contribution in [0, 0.1) is 0 Å². The Balaban J connectivity index is 0.00000841. The van der Waals surface area contributed by atoms with Gasteiger partial charge in [-0.05, 0) is 25.7 Å². The monoisotopic (exact) mass is 455 g/mol. The number of unbranched alkanes of at least 4 members (excludes halogenated alkanes) is 5. The van der Waals surface area contributed by atoms with Crippen molar-refractivity contribution in [1.29, 1.82) is 0 Å². The molecule has 1 atom stereocenters. The number of nitrogens with zero attached hydrogens (tertiary/aromatic N) is 2. The first-order chi connectivity index (χ1) is 13.8. The first-order valence-corrected chi connectivity index (χ1v) is 12.1. The van der Waals surface area contributed by atoms with Crippen molar-refractivity contribution < 1.29 is 62.1 Å². The third-order valence-corrected chi connectivity index (χ3v) is 5.66. The fourth-order valence-electron chi connectivity index (χ4n) is 3.54. The Bertz CT molecular complexity index is 666. The number of amidine groups is 1. The summed E-state index contributed by atoms with van der Waals surface area (Å²) in [7, 11) is -4.54. The summed E-state index contributed by atoms with van der Waals surface area (Å²) in [5.41, 5.74) is 0. The fourth-order valence-corrected chi connectivity index (χ4v) is 4.12. The van der Waals surface area contributed by atoms with E-state index >= 15 is 0 Å². The normalized spacial score (nSPS) is 15.7. The van der Waals surface area contributed by atoms with Gasteiger partial charge in [0.1, 0.15) is 32.3 Å². The van der Waals surface area contributed by atoms with Gasteiger partial charge in [0.25, 0.3) is 0 Å². The molecule has 1 aliphatic heterocycles. The second-order valence-corrected chi connectivity index (χ2v) is 8.92. The fraction of sp³-hybridized carbons (Fsp3) is 0.800. The molecule has 8 nitrogen and oxygen atoms in total. The van der Waals surface area contributed by atoms with Gasteiger partial charge in [-0.2, -0.15) is 0 Å². The predicted molar refractivity (Wildman–Crippen MR) is 111 cm³/mol. The number of Topliss-reactive ketones (excluding diaryl/α,β-unsaturated/α-hetero) is 1. The maximum atomic E-state index is 12.7. The molecular weight excluding hydrogens is 419 g/mol. The van der Waals surface area contributed by atoms with Crippen LogP contribution in [0.3, 0.4) is 0 Å². The van der Waals surface area contributed by atoms with Gasteiger partial charge in [0.15, 0.2) is 0 Å². The van der Waals surface area contributed by atoms with Gasteiger partial charge in [0, 0.05) is 6.42 Å². The standard InChI is InChI=1S/C20H36N2O6S.Na/c1-2-3-4-5-6-7-8-9-10-11-19(25)20-21(14-15-23)12-13-22(20)16-18(24)17-29(26,27)28;/h3-4,18,23-24H,2,5-17H2,1H3;/q;+1/b4-3+;. The van der Waals surface area contributed by atoms with E-state index < -0.39 is 22.0 Å². The van der Waals surface area contributed by atoms with Crippen molar-refractivity contribution in [1.82, 2.24) is 4.90 Å². The van der Waals surface area contributed by atoms with Crippen LogP contribution in [-0.4, -0.2) is 88.9 Å². The second kappa shape index (κ2) is 16.4. The summed E-state index contributed by atoms with van der Waals surface area (Å²) in [4.78, 5) is 14.5. The number of aliphatic hydroxyl groups excluding tert-OH is 2. The van der Waals surface area contributed by atoms with Crippen molar-refractivity contribution in [2.45, 2.75) is 64.4 Å². The molecule has 0 bridgehead atoms. The zero-order valence-corrected chi connectivity index (χ0v) is 21.3. The zero-order chi connectivity index (χ0) is 21.7. The van der Waals surface area contributed by atoms with Gasteiger partial charge < -0.3 is 14.8 Å². The number of ketones is 1. The summed E-state index contributed by atoms with van der Waals surface area (Å²) in [5, 5.41) is 19.1. The molecule has 10 heteroatoms. The SMILES string of the molecule is CC/C=C/CCCCCCCC(=O)C1=[N+](CC(O)CS(=O)(=O)[O-])CCN1CCO.[Na+]. The van der Waals surface area contributed by atoms with Crippen molar-refractivity contribution >= 4 is 21.7 Å². The molecular formula is C20H36N2NaO6S+. The molecule has 0 aromatic rings. The summed E-state index contributed by atoms with van der Waals surface area (Å²) in [6.07, 6.45) is 10.7. The van der Waals surface area contributed by atoms with Gasteiger partial charge in [-0.1, -0.05) is 38.3 Å². The van der Waals surface area contributed by atoms with Crippen molar-refractivity contribution in [3.63, 3.8) is 0 Å². The van der Waals surface area contributed by atoms with Crippen LogP contribution in [0.5, 0.6) is 0 Å². The van der Waals surface area contributed by atoms with E-state index in [0.717, 1.165) is 44.9 Å². The molecule has 0 radical (unpaired) electrons. The predicted octanol–water partition coefficient (Wildman–Crippen LogP) is -2.12. The van der Waals surface area contributed by atoms with E-state index in [0.29, 0.717) is 31.9 Å². The summed E-state index contributed by atoms with van der Waals surface area (Å²) in [6, 6.07) is 0. The summed E-state index contributed by atoms with van der Waals surface area (Å²) < 4.78 is 34.2. The molecule has 0 saturated carbocycles. The van der Waals surface area contributed by atoms with Crippen molar-refractivity contribution in [2.24, 2.45) is 0 Å². The van der Waals surface area contributed by atoms with Crippen molar-refractivity contribution in [3.8, 4) is 0 Å². The van der Waals surface area contributed by atoms with E-state index in [9.17, 15) is 28.0 Å². The number of carbonyl (C=O) groups excluding carboxylic acids is 1. The Hall–Kier alpha value is -0.290. The van der Waals surface area contributed by atoms with Crippen LogP contribution in [-0.2, 0) is 14.9 Å². The van der Waals surface area contributed by atoms with Crippen molar-refractivity contribution in [2.75, 3.05) is 38.5 Å². The van der Waals surface area contributed by atoms with E-state index in [1.165, 1.54) is 0 Å². The van der Waals surface area contributed by atoms with Gasteiger partial charge in [-0.25, -0.2) is 8.42 Å². The third kappa shape index (κ3) is 12.5. The van der Waals surface area contributed by atoms with Crippen LogP contribution in [0.2, 0.25) is 0 Å². The first kappa shape index (κ1) is 29.7. The summed E-state index contributed by atoms with van der Waals surface area (Å²) in [6.45, 7) is 3.19. The number of hydrogen-bond acceptors (Lipinski definition) is 7. The minimum Gasteiger partial charge on any atom is -0.748 e. The number of aliphatic hydroxyl groups is 2. The molecule has 0 saturated heterocycles. The van der Waals surface area contributed by atoms with Gasteiger partial charge in [-0.15, -0.1) is 0 Å². The molecule has 168 valence electrons. The third-order valence-electron chi connectivity index (χ3n) is 4.86. The Morgan fingerprint density at radius 3 is 2.53 bits per heavy atom. The molecule has 0 amide bonds. The van der Waals surface area contributed by atoms with Crippen LogP contribution in [0.1, 0.15) is 58.3 Å². The maximum absolute atomic E-state index is 12.7. The molecule has 0 spiro atoms.